The molecule has 0 saturated carbocycles. The Morgan fingerprint density at radius 3 is 2.60 bits per heavy atom. The van der Waals surface area contributed by atoms with E-state index in [1.807, 2.05) is 6.07 Å². The van der Waals surface area contributed by atoms with E-state index in [0.717, 1.165) is 18.4 Å². The van der Waals surface area contributed by atoms with Crippen molar-refractivity contribution in [1.29, 1.82) is 0 Å². The van der Waals surface area contributed by atoms with Crippen molar-refractivity contribution in [3.05, 3.63) is 29.8 Å². The predicted molar refractivity (Wildman–Crippen MR) is 61.6 cm³/mol. The van der Waals surface area contributed by atoms with Crippen LogP contribution in [0.4, 0.5) is 0 Å². The van der Waals surface area contributed by atoms with Gasteiger partial charge < -0.3 is 4.55 Å². The fraction of sp³-hybridized carbons (Fsp3) is 0.500. The van der Waals surface area contributed by atoms with Crippen molar-refractivity contribution in [3.63, 3.8) is 0 Å². The lowest BCUT2D eigenvalue weighted by Gasteiger charge is -2.25. The molecule has 15 heavy (non-hydrogen) atoms. The van der Waals surface area contributed by atoms with Crippen LogP contribution in [0.15, 0.2) is 29.2 Å². The molecule has 0 aliphatic carbocycles. The summed E-state index contributed by atoms with van der Waals surface area (Å²) in [6, 6.07) is 7.18. The highest BCUT2D eigenvalue weighted by Gasteiger charge is 2.19. The minimum absolute atomic E-state index is 0.0458. The molecule has 0 aliphatic rings. The molecule has 84 valence electrons. The average Bonchev–Trinajstić information content (AvgIpc) is 2.18. The Bertz CT molecular complexity index is 358. The highest BCUT2D eigenvalue weighted by atomic mass is 32.2. The molecule has 3 heteroatoms. The third-order valence-electron chi connectivity index (χ3n) is 2.68. The molecule has 0 saturated heterocycles. The second kappa shape index (κ2) is 4.90. The second-order valence-electron chi connectivity index (χ2n) is 4.40. The number of hydrogen-bond acceptors (Lipinski definition) is 2. The summed E-state index contributed by atoms with van der Waals surface area (Å²) in [5, 5.41) is 0. The van der Waals surface area contributed by atoms with Crippen LogP contribution < -0.4 is 0 Å². The van der Waals surface area contributed by atoms with Crippen LogP contribution in [-0.2, 0) is 16.5 Å². The Balaban J connectivity index is 3.04. The Labute approximate surface area is 94.0 Å². The van der Waals surface area contributed by atoms with Crippen LogP contribution in [-0.4, -0.2) is 8.76 Å². The van der Waals surface area contributed by atoms with E-state index in [-0.39, 0.29) is 5.41 Å². The zero-order valence-electron chi connectivity index (χ0n) is 9.45. The van der Waals surface area contributed by atoms with E-state index in [0.29, 0.717) is 4.90 Å². The molecule has 2 nitrogen and oxygen atoms in total. The van der Waals surface area contributed by atoms with Gasteiger partial charge in [0.15, 0.2) is 0 Å². The molecule has 0 aliphatic heterocycles. The van der Waals surface area contributed by atoms with Gasteiger partial charge in [-0.05, 0) is 40.6 Å². The van der Waals surface area contributed by atoms with Crippen molar-refractivity contribution in [1.82, 2.24) is 0 Å². The van der Waals surface area contributed by atoms with Crippen molar-refractivity contribution in [2.45, 2.75) is 43.9 Å². The van der Waals surface area contributed by atoms with Crippen molar-refractivity contribution in [2.75, 3.05) is 0 Å². The topological polar surface area (TPSA) is 40.1 Å². The highest BCUT2D eigenvalue weighted by Crippen LogP contribution is 2.29. The van der Waals surface area contributed by atoms with Gasteiger partial charge in [0.1, 0.15) is 0 Å². The molecule has 0 fully saturated rings. The predicted octanol–water partition coefficient (Wildman–Crippen LogP) is 3.00. The van der Waals surface area contributed by atoms with Gasteiger partial charge in [0, 0.05) is 4.90 Å². The van der Waals surface area contributed by atoms with E-state index >= 15 is 0 Å². The summed E-state index contributed by atoms with van der Waals surface area (Å²) >= 11 is -2.13. The van der Waals surface area contributed by atoms with E-state index in [2.05, 4.69) is 20.8 Å². The Kier molecular flexibility index (Phi) is 4.05. The summed E-state index contributed by atoms with van der Waals surface area (Å²) in [5.74, 6) is 0. The summed E-state index contributed by atoms with van der Waals surface area (Å²) in [4.78, 5) is 0.372. The first-order valence-corrected chi connectivity index (χ1v) is 6.24. The van der Waals surface area contributed by atoms with Gasteiger partial charge in [-0.3, -0.25) is 4.21 Å². The summed E-state index contributed by atoms with van der Waals surface area (Å²) in [6.07, 6.45) is 2.15. The summed E-state index contributed by atoms with van der Waals surface area (Å²) < 4.78 is 21.7. The minimum atomic E-state index is -2.13. The molecule has 0 N–H and O–H groups in total. The first-order chi connectivity index (χ1) is 6.97. The van der Waals surface area contributed by atoms with Crippen LogP contribution in [0.2, 0.25) is 0 Å². The average molecular weight is 225 g/mol. The van der Waals surface area contributed by atoms with Crippen LogP contribution in [0.25, 0.3) is 0 Å². The molecule has 1 atom stereocenters. The van der Waals surface area contributed by atoms with Gasteiger partial charge in [-0.15, -0.1) is 0 Å². The van der Waals surface area contributed by atoms with Crippen molar-refractivity contribution in [2.24, 2.45) is 0 Å². The van der Waals surface area contributed by atoms with Gasteiger partial charge >= 0.3 is 0 Å². The van der Waals surface area contributed by atoms with Crippen LogP contribution >= 0.6 is 0 Å². The van der Waals surface area contributed by atoms with Crippen LogP contribution in [0.5, 0.6) is 0 Å². The SMILES string of the molecule is CCCC(C)(C)c1cccc(S(=O)[O-])c1. The summed E-state index contributed by atoms with van der Waals surface area (Å²) in [7, 11) is 0. The Hall–Kier alpha value is -0.670. The Morgan fingerprint density at radius 2 is 2.07 bits per heavy atom. The van der Waals surface area contributed by atoms with Crippen LogP contribution in [0, 0.1) is 0 Å². The first-order valence-electron chi connectivity index (χ1n) is 5.17. The quantitative estimate of drug-likeness (QED) is 0.739. The molecule has 0 radical (unpaired) electrons. The molecule has 0 aromatic heterocycles. The molecule has 1 aromatic carbocycles. The second-order valence-corrected chi connectivity index (χ2v) is 5.34. The molecule has 0 heterocycles. The van der Waals surface area contributed by atoms with Gasteiger partial charge in [-0.25, -0.2) is 0 Å². The lowest BCUT2D eigenvalue weighted by atomic mass is 9.81. The van der Waals surface area contributed by atoms with Crippen LogP contribution in [0.1, 0.15) is 39.2 Å². The third-order valence-corrected chi connectivity index (χ3v) is 3.32. The lowest BCUT2D eigenvalue weighted by molar-refractivity contribution is 0.471. The van der Waals surface area contributed by atoms with E-state index in [4.69, 9.17) is 0 Å². The zero-order chi connectivity index (χ0) is 11.5. The monoisotopic (exact) mass is 225 g/mol. The largest absolute Gasteiger partial charge is 0.768 e. The maximum absolute atomic E-state index is 10.8. The summed E-state index contributed by atoms with van der Waals surface area (Å²) in [6.45, 7) is 6.42. The van der Waals surface area contributed by atoms with Gasteiger partial charge in [0.2, 0.25) is 0 Å². The van der Waals surface area contributed by atoms with E-state index in [1.54, 1.807) is 18.2 Å². The highest BCUT2D eigenvalue weighted by molar-refractivity contribution is 7.79. The van der Waals surface area contributed by atoms with E-state index < -0.39 is 11.1 Å². The number of benzene rings is 1. The molecule has 1 rings (SSSR count). The van der Waals surface area contributed by atoms with Gasteiger partial charge in [-0.2, -0.15) is 0 Å². The molecule has 1 aromatic rings. The molecular formula is C12H17O2S-. The minimum Gasteiger partial charge on any atom is -0.768 e. The van der Waals surface area contributed by atoms with Crippen molar-refractivity contribution >= 4 is 11.1 Å². The third kappa shape index (κ3) is 3.14. The van der Waals surface area contributed by atoms with Crippen LogP contribution in [0.3, 0.4) is 0 Å². The molecule has 0 spiro atoms. The fourth-order valence-corrected chi connectivity index (χ4v) is 2.20. The van der Waals surface area contributed by atoms with E-state index in [9.17, 15) is 8.76 Å². The number of rotatable bonds is 4. The first kappa shape index (κ1) is 12.4. The number of hydrogen-bond donors (Lipinski definition) is 0. The normalized spacial score (nSPS) is 13.9. The van der Waals surface area contributed by atoms with Crippen molar-refractivity contribution in [3.8, 4) is 0 Å². The fourth-order valence-electron chi connectivity index (χ4n) is 1.79. The maximum atomic E-state index is 10.8. The maximum Gasteiger partial charge on any atom is 0.0251 e. The van der Waals surface area contributed by atoms with Gasteiger partial charge in [0.05, 0.1) is 0 Å². The smallest absolute Gasteiger partial charge is 0.0251 e. The zero-order valence-corrected chi connectivity index (χ0v) is 10.3. The van der Waals surface area contributed by atoms with Gasteiger partial charge in [-0.1, -0.05) is 39.3 Å². The van der Waals surface area contributed by atoms with Crippen molar-refractivity contribution < 1.29 is 8.76 Å². The molecule has 0 bridgehead atoms. The van der Waals surface area contributed by atoms with E-state index in [1.165, 1.54) is 0 Å². The lowest BCUT2D eigenvalue weighted by Crippen LogP contribution is -2.16. The van der Waals surface area contributed by atoms with Gasteiger partial charge in [0.25, 0.3) is 0 Å². The summed E-state index contributed by atoms with van der Waals surface area (Å²) in [5.41, 5.74) is 1.13. The molecule has 1 unspecified atom stereocenters. The molecular weight excluding hydrogens is 208 g/mol. The Morgan fingerprint density at radius 1 is 1.40 bits per heavy atom. The standard InChI is InChI=1S/C12H18O2S/c1-4-8-12(2,3)10-6-5-7-11(9-10)15(13)14/h5-7,9H,4,8H2,1-3H3,(H,13,14)/p-1. The molecule has 0 amide bonds.